The van der Waals surface area contributed by atoms with Crippen LogP contribution in [0, 0.1) is 0 Å². The number of hydrogen-bond donors (Lipinski definition) is 1. The average molecular weight is 321 g/mol. The summed E-state index contributed by atoms with van der Waals surface area (Å²) in [4.78, 5) is 22.9. The molecular weight excluding hydrogens is 298 g/mol. The zero-order chi connectivity index (χ0) is 16.7. The zero-order valence-corrected chi connectivity index (χ0v) is 13.5. The Balaban J connectivity index is 1.82. The molecule has 1 amide bonds. The molecule has 1 fully saturated rings. The predicted octanol–water partition coefficient (Wildman–Crippen LogP) is 1.63. The molecular formula is C17H23NO5. The highest BCUT2D eigenvalue weighted by Gasteiger charge is 2.38. The van der Waals surface area contributed by atoms with Crippen molar-refractivity contribution >= 4 is 11.9 Å². The number of ether oxygens (including phenoxy) is 3. The lowest BCUT2D eigenvalue weighted by atomic mass is 9.93. The van der Waals surface area contributed by atoms with Crippen molar-refractivity contribution < 1.29 is 23.8 Å². The van der Waals surface area contributed by atoms with Crippen LogP contribution in [0.25, 0.3) is 0 Å². The van der Waals surface area contributed by atoms with E-state index < -0.39 is 17.9 Å². The minimum absolute atomic E-state index is 0.238. The third-order valence-corrected chi connectivity index (χ3v) is 3.72. The molecule has 1 N–H and O–H groups in total. The van der Waals surface area contributed by atoms with E-state index in [2.05, 4.69) is 11.4 Å². The minimum atomic E-state index is -0.512. The molecule has 2 rings (SSSR count). The molecule has 0 aromatic rings. The summed E-state index contributed by atoms with van der Waals surface area (Å²) < 4.78 is 16.5. The molecule has 0 unspecified atom stereocenters. The maximum Gasteiger partial charge on any atom is 0.331 e. The summed E-state index contributed by atoms with van der Waals surface area (Å²) in [6.45, 7) is 2.93. The van der Waals surface area contributed by atoms with E-state index in [4.69, 9.17) is 14.2 Å². The van der Waals surface area contributed by atoms with Crippen LogP contribution in [0.4, 0.5) is 0 Å². The number of hydrogen-bond acceptors (Lipinski definition) is 5. The fourth-order valence-corrected chi connectivity index (χ4v) is 2.56. The quantitative estimate of drug-likeness (QED) is 0.615. The summed E-state index contributed by atoms with van der Waals surface area (Å²) >= 11 is 0. The second-order valence-corrected chi connectivity index (χ2v) is 5.55. The number of likely N-dealkylation sites (N-methyl/N-ethyl adjacent to an activating group) is 1. The Morgan fingerprint density at radius 1 is 1.35 bits per heavy atom. The number of esters is 1. The smallest absolute Gasteiger partial charge is 0.331 e. The summed E-state index contributed by atoms with van der Waals surface area (Å²) in [5, 5.41) is 2.45. The second kappa shape index (κ2) is 8.08. The van der Waals surface area contributed by atoms with Crippen LogP contribution < -0.4 is 5.32 Å². The maximum atomic E-state index is 11.8. The van der Waals surface area contributed by atoms with Crippen molar-refractivity contribution in [2.24, 2.45) is 0 Å². The largest absolute Gasteiger partial charge is 0.455 e. The highest BCUT2D eigenvalue weighted by molar-refractivity contribution is 5.87. The van der Waals surface area contributed by atoms with Gasteiger partial charge in [-0.25, -0.2) is 4.79 Å². The summed E-state index contributed by atoms with van der Waals surface area (Å²) in [6.07, 6.45) is 9.95. The first-order valence-corrected chi connectivity index (χ1v) is 7.78. The molecule has 1 saturated heterocycles. The van der Waals surface area contributed by atoms with E-state index >= 15 is 0 Å². The van der Waals surface area contributed by atoms with Gasteiger partial charge >= 0.3 is 5.97 Å². The molecule has 0 aromatic carbocycles. The van der Waals surface area contributed by atoms with Gasteiger partial charge in [-0.15, -0.1) is 0 Å². The molecule has 0 saturated carbocycles. The highest BCUT2D eigenvalue weighted by Crippen LogP contribution is 2.36. The lowest BCUT2D eigenvalue weighted by Gasteiger charge is -2.30. The molecule has 1 aliphatic carbocycles. The standard InChI is InChI=1S/C17H23NO5/c1-13(5-7-15(19)18-2)23-16(20)8-6-14-4-3-9-17(12-14)21-10-11-22-17/h4-8,13H,3,9-12H2,1-2H3,(H,18,19)/b7-5-,8-6+/t13-/m1/s1. The van der Waals surface area contributed by atoms with Gasteiger partial charge in [-0.05, 0) is 25.0 Å². The Hall–Kier alpha value is -1.92. The molecule has 0 bridgehead atoms. The third kappa shape index (κ3) is 5.33. The molecule has 1 spiro atoms. The van der Waals surface area contributed by atoms with Crippen molar-refractivity contribution in [1.29, 1.82) is 0 Å². The Morgan fingerprint density at radius 2 is 2.09 bits per heavy atom. The lowest BCUT2D eigenvalue weighted by Crippen LogP contribution is -2.32. The van der Waals surface area contributed by atoms with Crippen molar-refractivity contribution in [2.45, 2.75) is 38.1 Å². The number of nitrogens with one attached hydrogen (secondary N) is 1. The summed E-state index contributed by atoms with van der Waals surface area (Å²) in [6, 6.07) is 0. The van der Waals surface area contributed by atoms with Crippen LogP contribution in [0.15, 0.2) is 36.0 Å². The maximum absolute atomic E-state index is 11.8. The van der Waals surface area contributed by atoms with Crippen LogP contribution in [0.3, 0.4) is 0 Å². The number of carbonyl (C=O) groups excluding carboxylic acids is 2. The predicted molar refractivity (Wildman–Crippen MR) is 84.5 cm³/mol. The SMILES string of the molecule is CNC(=O)/C=C\[C@@H](C)OC(=O)/C=C/C1=CCCC2(C1)OCCO2. The fraction of sp³-hybridized carbons (Fsp3) is 0.529. The third-order valence-electron chi connectivity index (χ3n) is 3.72. The molecule has 2 aliphatic rings. The Labute approximate surface area is 136 Å². The minimum Gasteiger partial charge on any atom is -0.455 e. The summed E-state index contributed by atoms with van der Waals surface area (Å²) in [5.74, 6) is -1.20. The van der Waals surface area contributed by atoms with E-state index in [1.807, 2.05) is 0 Å². The van der Waals surface area contributed by atoms with E-state index in [9.17, 15) is 9.59 Å². The van der Waals surface area contributed by atoms with Gasteiger partial charge in [-0.3, -0.25) is 4.79 Å². The van der Waals surface area contributed by atoms with E-state index in [-0.39, 0.29) is 5.91 Å². The molecule has 126 valence electrons. The van der Waals surface area contributed by atoms with Gasteiger partial charge in [0.05, 0.1) is 13.2 Å². The topological polar surface area (TPSA) is 73.9 Å². The van der Waals surface area contributed by atoms with Crippen LogP contribution in [0.5, 0.6) is 0 Å². The lowest BCUT2D eigenvalue weighted by molar-refractivity contribution is -0.162. The molecule has 1 aliphatic heterocycles. The van der Waals surface area contributed by atoms with E-state index in [0.717, 1.165) is 18.4 Å². The molecule has 6 nitrogen and oxygen atoms in total. The van der Waals surface area contributed by atoms with Crippen LogP contribution in [0.1, 0.15) is 26.2 Å². The van der Waals surface area contributed by atoms with Crippen molar-refractivity contribution in [3.63, 3.8) is 0 Å². The van der Waals surface area contributed by atoms with Crippen molar-refractivity contribution in [1.82, 2.24) is 5.32 Å². The first-order chi connectivity index (χ1) is 11.0. The monoisotopic (exact) mass is 321 g/mol. The molecule has 6 heteroatoms. The number of rotatable bonds is 5. The van der Waals surface area contributed by atoms with Crippen LogP contribution in [-0.4, -0.2) is 44.0 Å². The van der Waals surface area contributed by atoms with Crippen LogP contribution in [-0.2, 0) is 23.8 Å². The molecule has 0 radical (unpaired) electrons. The highest BCUT2D eigenvalue weighted by atomic mass is 16.7. The van der Waals surface area contributed by atoms with Gasteiger partial charge in [0.15, 0.2) is 5.79 Å². The first-order valence-electron chi connectivity index (χ1n) is 7.78. The first kappa shape index (κ1) is 17.4. The van der Waals surface area contributed by atoms with Gasteiger partial charge in [0.1, 0.15) is 6.10 Å². The Bertz CT molecular complexity index is 529. The normalized spacial score (nSPS) is 21.6. The molecule has 0 aromatic heterocycles. The molecule has 1 atom stereocenters. The zero-order valence-electron chi connectivity index (χ0n) is 13.5. The van der Waals surface area contributed by atoms with Gasteiger partial charge in [-0.2, -0.15) is 0 Å². The molecule has 23 heavy (non-hydrogen) atoms. The second-order valence-electron chi connectivity index (χ2n) is 5.55. The van der Waals surface area contributed by atoms with Gasteiger partial charge in [0.25, 0.3) is 0 Å². The van der Waals surface area contributed by atoms with Gasteiger partial charge in [-0.1, -0.05) is 12.2 Å². The van der Waals surface area contributed by atoms with Crippen LogP contribution in [0.2, 0.25) is 0 Å². The molecule has 1 heterocycles. The van der Waals surface area contributed by atoms with Gasteiger partial charge < -0.3 is 19.5 Å². The van der Waals surface area contributed by atoms with E-state index in [1.54, 1.807) is 13.0 Å². The average Bonchev–Trinajstić information content (AvgIpc) is 2.98. The van der Waals surface area contributed by atoms with Gasteiger partial charge in [0.2, 0.25) is 5.91 Å². The van der Waals surface area contributed by atoms with Crippen molar-refractivity contribution in [2.75, 3.05) is 20.3 Å². The fourth-order valence-electron chi connectivity index (χ4n) is 2.56. The van der Waals surface area contributed by atoms with E-state index in [1.165, 1.54) is 25.3 Å². The number of allylic oxidation sites excluding steroid dienone is 2. The number of amides is 1. The Morgan fingerprint density at radius 3 is 2.78 bits per heavy atom. The van der Waals surface area contributed by atoms with Gasteiger partial charge in [0, 0.05) is 32.0 Å². The summed E-state index contributed by atoms with van der Waals surface area (Å²) in [5.41, 5.74) is 1.00. The number of carbonyl (C=O) groups is 2. The van der Waals surface area contributed by atoms with E-state index in [0.29, 0.717) is 19.6 Å². The van der Waals surface area contributed by atoms with Crippen molar-refractivity contribution in [3.8, 4) is 0 Å². The van der Waals surface area contributed by atoms with Crippen molar-refractivity contribution in [3.05, 3.63) is 36.0 Å². The summed E-state index contributed by atoms with van der Waals surface area (Å²) in [7, 11) is 1.54. The Kier molecular flexibility index (Phi) is 6.12. The van der Waals surface area contributed by atoms with Crippen LogP contribution >= 0.6 is 0 Å².